The zero-order chi connectivity index (χ0) is 19.0. The minimum atomic E-state index is -0.750. The van der Waals surface area contributed by atoms with Crippen LogP contribution in [0, 0.1) is 0 Å². The molecule has 144 valence electrons. The summed E-state index contributed by atoms with van der Waals surface area (Å²) in [6, 6.07) is 6.37. The molecule has 0 bridgehead atoms. The van der Waals surface area contributed by atoms with E-state index in [1.165, 1.54) is 15.2 Å². The van der Waals surface area contributed by atoms with E-state index in [4.69, 9.17) is 4.74 Å². The number of fused-ring (bicyclic) bond motifs is 1. The maximum Gasteiger partial charge on any atom is 0.325 e. The van der Waals surface area contributed by atoms with Gasteiger partial charge < -0.3 is 10.1 Å². The lowest BCUT2D eigenvalue weighted by Crippen LogP contribution is -2.55. The number of carbonyl (C=O) groups is 2. The number of benzene rings is 1. The number of urea groups is 1. The number of rotatable bonds is 5. The second kappa shape index (κ2) is 7.18. The summed E-state index contributed by atoms with van der Waals surface area (Å²) in [4.78, 5) is 33.1. The first-order valence-corrected chi connectivity index (χ1v) is 10.1. The lowest BCUT2D eigenvalue weighted by molar-refractivity contribution is -0.133. The summed E-state index contributed by atoms with van der Waals surface area (Å²) in [5, 5.41) is 2.94. The number of amides is 3. The molecule has 2 aromatic rings. The Morgan fingerprint density at radius 3 is 2.85 bits per heavy atom. The number of thiazole rings is 1. The number of hydrogen-bond donors (Lipinski definition) is 1. The normalized spacial score (nSPS) is 21.2. The van der Waals surface area contributed by atoms with Crippen LogP contribution < -0.4 is 5.32 Å². The molecule has 2 saturated heterocycles. The van der Waals surface area contributed by atoms with E-state index in [9.17, 15) is 9.59 Å². The minimum Gasteiger partial charge on any atom is -0.383 e. The van der Waals surface area contributed by atoms with E-state index in [0.717, 1.165) is 18.6 Å². The van der Waals surface area contributed by atoms with Gasteiger partial charge in [0.15, 0.2) is 0 Å². The third-order valence-corrected chi connectivity index (χ3v) is 6.61. The lowest BCUT2D eigenvalue weighted by atomic mass is 9.86. The fraction of sp³-hybridized carbons (Fsp3) is 0.526. The number of piperidine rings is 1. The van der Waals surface area contributed by atoms with Crippen LogP contribution in [0.25, 0.3) is 10.2 Å². The van der Waals surface area contributed by atoms with Crippen molar-refractivity contribution in [2.45, 2.75) is 31.3 Å². The third kappa shape index (κ3) is 3.22. The van der Waals surface area contributed by atoms with Gasteiger partial charge in [-0.2, -0.15) is 0 Å². The first-order chi connectivity index (χ1) is 13.0. The topological polar surface area (TPSA) is 74.8 Å². The molecule has 7 nitrogen and oxygen atoms in total. The van der Waals surface area contributed by atoms with E-state index in [-0.39, 0.29) is 18.0 Å². The molecule has 2 aliphatic heterocycles. The Morgan fingerprint density at radius 1 is 1.33 bits per heavy atom. The van der Waals surface area contributed by atoms with Crippen LogP contribution in [0.4, 0.5) is 4.79 Å². The van der Waals surface area contributed by atoms with Crippen LogP contribution in [-0.2, 0) is 9.53 Å². The number of ether oxygens (including phenoxy) is 1. The minimum absolute atomic E-state index is 0.110. The number of nitrogens with zero attached hydrogens (tertiary/aromatic N) is 3. The van der Waals surface area contributed by atoms with Gasteiger partial charge in [0.1, 0.15) is 5.54 Å². The molecule has 27 heavy (non-hydrogen) atoms. The molecule has 1 aromatic heterocycles. The third-order valence-electron chi connectivity index (χ3n) is 5.80. The Hall–Kier alpha value is -2.03. The molecule has 2 fully saturated rings. The second-order valence-corrected chi connectivity index (χ2v) is 8.14. The van der Waals surface area contributed by atoms with Gasteiger partial charge in [0.05, 0.1) is 28.9 Å². The van der Waals surface area contributed by atoms with Crippen molar-refractivity contribution in [3.8, 4) is 0 Å². The SMILES string of the molecule is COCCN1C(=O)NC2(CCN([C@@H](C)c3ccc4scnc4c3)CC2)C1=O. The molecule has 1 aromatic carbocycles. The van der Waals surface area contributed by atoms with Crippen LogP contribution in [-0.4, -0.2) is 65.6 Å². The predicted molar refractivity (Wildman–Crippen MR) is 104 cm³/mol. The maximum absolute atomic E-state index is 12.8. The Labute approximate surface area is 162 Å². The van der Waals surface area contributed by atoms with Gasteiger partial charge in [0, 0.05) is 26.2 Å². The molecular weight excluding hydrogens is 364 g/mol. The first kappa shape index (κ1) is 18.3. The quantitative estimate of drug-likeness (QED) is 0.796. The largest absolute Gasteiger partial charge is 0.383 e. The number of carbonyl (C=O) groups excluding carboxylic acids is 2. The van der Waals surface area contributed by atoms with E-state index >= 15 is 0 Å². The van der Waals surface area contributed by atoms with E-state index in [1.54, 1.807) is 18.4 Å². The lowest BCUT2D eigenvalue weighted by Gasteiger charge is -2.40. The molecule has 0 unspecified atom stereocenters. The summed E-state index contributed by atoms with van der Waals surface area (Å²) in [7, 11) is 1.57. The molecular formula is C19H24N4O3S. The highest BCUT2D eigenvalue weighted by atomic mass is 32.1. The average Bonchev–Trinajstić information content (AvgIpc) is 3.23. The first-order valence-electron chi connectivity index (χ1n) is 9.24. The Morgan fingerprint density at radius 2 is 2.11 bits per heavy atom. The van der Waals surface area contributed by atoms with Crippen molar-refractivity contribution in [2.24, 2.45) is 0 Å². The van der Waals surface area contributed by atoms with Crippen LogP contribution in [0.2, 0.25) is 0 Å². The van der Waals surface area contributed by atoms with E-state index in [0.29, 0.717) is 26.0 Å². The molecule has 8 heteroatoms. The second-order valence-electron chi connectivity index (χ2n) is 7.25. The molecule has 2 aliphatic rings. The van der Waals surface area contributed by atoms with Crippen LogP contribution in [0.15, 0.2) is 23.7 Å². The van der Waals surface area contributed by atoms with Gasteiger partial charge in [-0.15, -0.1) is 11.3 Å². The smallest absolute Gasteiger partial charge is 0.325 e. The standard InChI is InChI=1S/C19H24N4O3S/c1-13(14-3-4-16-15(11-14)20-12-27-16)22-7-5-19(6-8-22)17(24)23(9-10-26-2)18(25)21-19/h3-4,11-13H,5-10H2,1-2H3,(H,21,25)/t13-/m0/s1. The fourth-order valence-electron chi connectivity index (χ4n) is 4.04. The summed E-state index contributed by atoms with van der Waals surface area (Å²) >= 11 is 1.65. The number of aromatic nitrogens is 1. The van der Waals surface area contributed by atoms with Gasteiger partial charge >= 0.3 is 6.03 Å². The summed E-state index contributed by atoms with van der Waals surface area (Å²) in [5.41, 5.74) is 3.38. The molecule has 3 heterocycles. The van der Waals surface area contributed by atoms with Crippen molar-refractivity contribution in [1.82, 2.24) is 20.1 Å². The Kier molecular flexibility index (Phi) is 4.88. The number of likely N-dealkylation sites (tertiary alicyclic amines) is 1. The summed E-state index contributed by atoms with van der Waals surface area (Å²) in [6.07, 6.45) is 1.26. The van der Waals surface area contributed by atoms with Gasteiger partial charge in [-0.1, -0.05) is 6.07 Å². The monoisotopic (exact) mass is 388 g/mol. The molecule has 0 radical (unpaired) electrons. The molecule has 0 aliphatic carbocycles. The zero-order valence-electron chi connectivity index (χ0n) is 15.6. The van der Waals surface area contributed by atoms with Crippen LogP contribution in [0.1, 0.15) is 31.4 Å². The number of nitrogens with one attached hydrogen (secondary N) is 1. The van der Waals surface area contributed by atoms with Gasteiger partial charge in [0.2, 0.25) is 0 Å². The highest BCUT2D eigenvalue weighted by molar-refractivity contribution is 7.16. The molecule has 4 rings (SSSR count). The van der Waals surface area contributed by atoms with E-state index < -0.39 is 5.54 Å². The summed E-state index contributed by atoms with van der Waals surface area (Å²) < 4.78 is 6.21. The highest BCUT2D eigenvalue weighted by Gasteiger charge is 2.52. The van der Waals surface area contributed by atoms with Crippen molar-refractivity contribution < 1.29 is 14.3 Å². The van der Waals surface area contributed by atoms with Crippen molar-refractivity contribution in [3.63, 3.8) is 0 Å². The molecule has 3 amide bonds. The van der Waals surface area contributed by atoms with E-state index in [2.05, 4.69) is 40.3 Å². The van der Waals surface area contributed by atoms with Gasteiger partial charge in [-0.05, 0) is 37.5 Å². The van der Waals surface area contributed by atoms with Crippen molar-refractivity contribution in [1.29, 1.82) is 0 Å². The Balaban J connectivity index is 1.44. The van der Waals surface area contributed by atoms with Crippen molar-refractivity contribution in [3.05, 3.63) is 29.3 Å². The van der Waals surface area contributed by atoms with E-state index in [1.807, 2.05) is 5.51 Å². The maximum atomic E-state index is 12.8. The number of imide groups is 1. The van der Waals surface area contributed by atoms with Gasteiger partial charge in [-0.25, -0.2) is 9.78 Å². The summed E-state index contributed by atoms with van der Waals surface area (Å²) in [6.45, 7) is 4.38. The summed E-state index contributed by atoms with van der Waals surface area (Å²) in [5.74, 6) is -0.110. The van der Waals surface area contributed by atoms with Gasteiger partial charge in [-0.3, -0.25) is 14.6 Å². The number of hydrogen-bond acceptors (Lipinski definition) is 6. The molecule has 0 saturated carbocycles. The zero-order valence-corrected chi connectivity index (χ0v) is 16.4. The Bertz CT molecular complexity index is 860. The highest BCUT2D eigenvalue weighted by Crippen LogP contribution is 2.34. The van der Waals surface area contributed by atoms with Gasteiger partial charge in [0.25, 0.3) is 5.91 Å². The van der Waals surface area contributed by atoms with Crippen LogP contribution in [0.3, 0.4) is 0 Å². The molecule has 1 N–H and O–H groups in total. The molecule has 1 atom stereocenters. The van der Waals surface area contributed by atoms with Crippen molar-refractivity contribution >= 4 is 33.5 Å². The van der Waals surface area contributed by atoms with Crippen LogP contribution in [0.5, 0.6) is 0 Å². The number of methoxy groups -OCH3 is 1. The molecule has 1 spiro atoms. The van der Waals surface area contributed by atoms with Crippen molar-refractivity contribution in [2.75, 3.05) is 33.4 Å². The van der Waals surface area contributed by atoms with Crippen LogP contribution >= 0.6 is 11.3 Å². The predicted octanol–water partition coefficient (Wildman–Crippen LogP) is 2.39. The fourth-order valence-corrected chi connectivity index (χ4v) is 4.70. The average molecular weight is 388 g/mol.